The number of nitrogens with zero attached hydrogens (tertiary/aromatic N) is 1. The highest BCUT2D eigenvalue weighted by atomic mass is 19.1. The molecule has 4 rings (SSSR count). The third-order valence-electron chi connectivity index (χ3n) is 5.05. The lowest BCUT2D eigenvalue weighted by Crippen LogP contribution is -2.54. The number of anilines is 2. The normalized spacial score (nSPS) is 14.6. The molecule has 5 amide bonds. The standard InChI is InChI=1S/C26H20FN3O5/c1-16-3-2-4-19(13-16)28-23(31)15-35-21-11-5-17(6-12-21)14-22-24(32)29-26(34)30(25(22)33)20-9-7-18(27)8-10-20/h2-14H,15H2,1H3,(H,28,31)(H,29,32,34)/b22-14-. The van der Waals surface area contributed by atoms with E-state index in [9.17, 15) is 23.6 Å². The first-order valence-corrected chi connectivity index (χ1v) is 10.6. The van der Waals surface area contributed by atoms with E-state index in [1.54, 1.807) is 30.3 Å². The van der Waals surface area contributed by atoms with E-state index in [0.717, 1.165) is 22.6 Å². The Morgan fingerprint density at radius 2 is 1.74 bits per heavy atom. The van der Waals surface area contributed by atoms with Crippen molar-refractivity contribution in [2.45, 2.75) is 6.92 Å². The number of nitrogens with one attached hydrogen (secondary N) is 2. The fourth-order valence-electron chi connectivity index (χ4n) is 3.38. The zero-order valence-corrected chi connectivity index (χ0v) is 18.6. The zero-order valence-electron chi connectivity index (χ0n) is 18.6. The number of rotatable bonds is 6. The Hall–Kier alpha value is -4.79. The fourth-order valence-corrected chi connectivity index (χ4v) is 3.38. The van der Waals surface area contributed by atoms with E-state index in [2.05, 4.69) is 10.6 Å². The number of hydrogen-bond donors (Lipinski definition) is 2. The summed E-state index contributed by atoms with van der Waals surface area (Å²) in [5.41, 5.74) is 2.04. The highest BCUT2D eigenvalue weighted by molar-refractivity contribution is 6.39. The van der Waals surface area contributed by atoms with Crippen molar-refractivity contribution in [2.24, 2.45) is 0 Å². The molecule has 0 atom stereocenters. The van der Waals surface area contributed by atoms with Crippen molar-refractivity contribution in [1.82, 2.24) is 5.32 Å². The Morgan fingerprint density at radius 1 is 1.03 bits per heavy atom. The van der Waals surface area contributed by atoms with Gasteiger partial charge in [0.25, 0.3) is 17.7 Å². The third kappa shape index (κ3) is 5.59. The van der Waals surface area contributed by atoms with Gasteiger partial charge in [0, 0.05) is 5.69 Å². The summed E-state index contributed by atoms with van der Waals surface area (Å²) in [6, 6.07) is 17.6. The van der Waals surface area contributed by atoms with Crippen molar-refractivity contribution in [3.63, 3.8) is 0 Å². The van der Waals surface area contributed by atoms with Crippen LogP contribution in [0.5, 0.6) is 5.75 Å². The van der Waals surface area contributed by atoms with Crippen LogP contribution < -0.4 is 20.3 Å². The second-order valence-corrected chi connectivity index (χ2v) is 7.71. The van der Waals surface area contributed by atoms with Crippen LogP contribution in [0.4, 0.5) is 20.6 Å². The number of barbiturate groups is 1. The predicted octanol–water partition coefficient (Wildman–Crippen LogP) is 3.82. The van der Waals surface area contributed by atoms with Crippen LogP contribution in [-0.4, -0.2) is 30.4 Å². The predicted molar refractivity (Wildman–Crippen MR) is 127 cm³/mol. The molecule has 0 radical (unpaired) electrons. The van der Waals surface area contributed by atoms with Gasteiger partial charge in [0.05, 0.1) is 5.69 Å². The van der Waals surface area contributed by atoms with Gasteiger partial charge in [-0.05, 0) is 72.7 Å². The summed E-state index contributed by atoms with van der Waals surface area (Å²) < 4.78 is 18.7. The Bertz CT molecular complexity index is 1330. The fraction of sp³-hybridized carbons (Fsp3) is 0.0769. The highest BCUT2D eigenvalue weighted by Gasteiger charge is 2.36. The summed E-state index contributed by atoms with van der Waals surface area (Å²) in [5.74, 6) is -2.11. The molecule has 8 nitrogen and oxygen atoms in total. The molecule has 0 bridgehead atoms. The summed E-state index contributed by atoms with van der Waals surface area (Å²) in [7, 11) is 0. The summed E-state index contributed by atoms with van der Waals surface area (Å²) >= 11 is 0. The first kappa shape index (κ1) is 23.4. The van der Waals surface area contributed by atoms with Crippen LogP contribution in [0.25, 0.3) is 6.08 Å². The number of aryl methyl sites for hydroxylation is 1. The molecule has 1 aliphatic rings. The molecule has 0 aliphatic carbocycles. The minimum atomic E-state index is -0.920. The maximum atomic E-state index is 13.2. The number of benzene rings is 3. The number of hydrogen-bond acceptors (Lipinski definition) is 5. The first-order valence-electron chi connectivity index (χ1n) is 10.6. The molecule has 176 valence electrons. The molecule has 1 heterocycles. The van der Waals surface area contributed by atoms with Crippen LogP contribution >= 0.6 is 0 Å². The van der Waals surface area contributed by atoms with E-state index >= 15 is 0 Å². The Balaban J connectivity index is 1.43. The zero-order chi connectivity index (χ0) is 24.9. The van der Waals surface area contributed by atoms with Crippen molar-refractivity contribution in [3.8, 4) is 5.75 Å². The third-order valence-corrected chi connectivity index (χ3v) is 5.05. The van der Waals surface area contributed by atoms with Gasteiger partial charge in [0.1, 0.15) is 17.1 Å². The van der Waals surface area contributed by atoms with Crippen LogP contribution in [0.1, 0.15) is 11.1 Å². The molecule has 1 saturated heterocycles. The molecule has 1 aliphatic heterocycles. The smallest absolute Gasteiger partial charge is 0.335 e. The van der Waals surface area contributed by atoms with Crippen molar-refractivity contribution in [2.75, 3.05) is 16.8 Å². The Labute approximate surface area is 200 Å². The number of imide groups is 2. The van der Waals surface area contributed by atoms with E-state index in [1.807, 2.05) is 25.1 Å². The molecular formula is C26H20FN3O5. The number of amides is 5. The Kier molecular flexibility index (Phi) is 6.68. The van der Waals surface area contributed by atoms with Gasteiger partial charge < -0.3 is 10.1 Å². The van der Waals surface area contributed by atoms with E-state index in [1.165, 1.54) is 18.2 Å². The first-order chi connectivity index (χ1) is 16.8. The lowest BCUT2D eigenvalue weighted by molar-refractivity contribution is -0.122. The van der Waals surface area contributed by atoms with Gasteiger partial charge in [0.15, 0.2) is 6.61 Å². The van der Waals surface area contributed by atoms with E-state index in [-0.39, 0.29) is 23.8 Å². The SMILES string of the molecule is Cc1cccc(NC(=O)COc2ccc(/C=C3/C(=O)NC(=O)N(c4ccc(F)cc4)C3=O)cc2)c1. The second kappa shape index (κ2) is 10.0. The van der Waals surface area contributed by atoms with Crippen molar-refractivity contribution in [3.05, 3.63) is 95.3 Å². The maximum absolute atomic E-state index is 13.2. The van der Waals surface area contributed by atoms with Gasteiger partial charge in [0.2, 0.25) is 0 Å². The molecule has 0 spiro atoms. The van der Waals surface area contributed by atoms with Crippen molar-refractivity contribution in [1.29, 1.82) is 0 Å². The van der Waals surface area contributed by atoms with E-state index in [0.29, 0.717) is 17.0 Å². The summed E-state index contributed by atoms with van der Waals surface area (Å²) in [5, 5.41) is 4.85. The minimum Gasteiger partial charge on any atom is -0.484 e. The van der Waals surface area contributed by atoms with Gasteiger partial charge in [-0.15, -0.1) is 0 Å². The van der Waals surface area contributed by atoms with Crippen LogP contribution in [0.15, 0.2) is 78.4 Å². The molecule has 0 saturated carbocycles. The lowest BCUT2D eigenvalue weighted by atomic mass is 10.1. The highest BCUT2D eigenvalue weighted by Crippen LogP contribution is 2.23. The molecule has 0 aromatic heterocycles. The number of urea groups is 1. The monoisotopic (exact) mass is 473 g/mol. The van der Waals surface area contributed by atoms with Gasteiger partial charge >= 0.3 is 6.03 Å². The second-order valence-electron chi connectivity index (χ2n) is 7.71. The quantitative estimate of drug-likeness (QED) is 0.418. The van der Waals surface area contributed by atoms with Crippen molar-refractivity contribution < 1.29 is 28.3 Å². The van der Waals surface area contributed by atoms with Gasteiger partial charge in [-0.3, -0.25) is 19.7 Å². The largest absolute Gasteiger partial charge is 0.484 e. The van der Waals surface area contributed by atoms with Crippen LogP contribution in [-0.2, 0) is 14.4 Å². The molecule has 9 heteroatoms. The van der Waals surface area contributed by atoms with Crippen LogP contribution in [0.2, 0.25) is 0 Å². The summed E-state index contributed by atoms with van der Waals surface area (Å²) in [6.45, 7) is 1.72. The van der Waals surface area contributed by atoms with Crippen molar-refractivity contribution >= 4 is 41.2 Å². The molecule has 3 aromatic rings. The topological polar surface area (TPSA) is 105 Å². The lowest BCUT2D eigenvalue weighted by Gasteiger charge is -2.26. The Morgan fingerprint density at radius 3 is 2.43 bits per heavy atom. The molecule has 0 unspecified atom stereocenters. The number of ether oxygens (including phenoxy) is 1. The summed E-state index contributed by atoms with van der Waals surface area (Å²) in [6.07, 6.45) is 1.33. The molecule has 35 heavy (non-hydrogen) atoms. The number of carbonyl (C=O) groups is 4. The van der Waals surface area contributed by atoms with E-state index < -0.39 is 23.7 Å². The average Bonchev–Trinajstić information content (AvgIpc) is 2.82. The number of carbonyl (C=O) groups excluding carboxylic acids is 4. The number of halogens is 1. The minimum absolute atomic E-state index is 0.125. The summed E-state index contributed by atoms with van der Waals surface area (Å²) in [4.78, 5) is 50.2. The maximum Gasteiger partial charge on any atom is 0.335 e. The van der Waals surface area contributed by atoms with Gasteiger partial charge in [-0.25, -0.2) is 14.1 Å². The van der Waals surface area contributed by atoms with Gasteiger partial charge in [-0.1, -0.05) is 24.3 Å². The van der Waals surface area contributed by atoms with Crippen LogP contribution in [0.3, 0.4) is 0 Å². The molecular weight excluding hydrogens is 453 g/mol. The molecule has 2 N–H and O–H groups in total. The molecule has 3 aromatic carbocycles. The van der Waals surface area contributed by atoms with E-state index in [4.69, 9.17) is 4.74 Å². The van der Waals surface area contributed by atoms with Gasteiger partial charge in [-0.2, -0.15) is 0 Å². The molecule has 1 fully saturated rings. The van der Waals surface area contributed by atoms with Crippen LogP contribution in [0, 0.1) is 12.7 Å². The average molecular weight is 473 g/mol.